The van der Waals surface area contributed by atoms with E-state index in [9.17, 15) is 9.59 Å². The molecule has 3 rings (SSSR count). The topological polar surface area (TPSA) is 60.8 Å². The van der Waals surface area contributed by atoms with Crippen molar-refractivity contribution in [2.24, 2.45) is 0 Å². The Labute approximate surface area is 138 Å². The minimum Gasteiger partial charge on any atom is -0.464 e. The summed E-state index contributed by atoms with van der Waals surface area (Å²) in [5.74, 6) is -0.383. The minimum atomic E-state index is -0.415. The van der Waals surface area contributed by atoms with Crippen LogP contribution in [0.15, 0.2) is 17.5 Å². The number of morpholine rings is 1. The number of esters is 1. The lowest BCUT2D eigenvalue weighted by molar-refractivity contribution is -0.138. The number of amides is 1. The summed E-state index contributed by atoms with van der Waals surface area (Å²) in [5.41, 5.74) is 1.34. The molecule has 2 aromatic heterocycles. The van der Waals surface area contributed by atoms with Crippen LogP contribution in [0.25, 0.3) is 10.2 Å². The molecule has 1 amide bonds. The molecule has 0 radical (unpaired) electrons. The molecule has 7 heteroatoms. The van der Waals surface area contributed by atoms with Crippen LogP contribution in [-0.4, -0.2) is 54.8 Å². The summed E-state index contributed by atoms with van der Waals surface area (Å²) in [6, 6.07) is 3.34. The average Bonchev–Trinajstić information content (AvgIpc) is 3.17. The number of fused-ring (bicyclic) bond motifs is 1. The SMILES string of the molecule is CCC(C(=O)N1CCOCC1)n1c(C(=O)OC)cc2sccc21. The van der Waals surface area contributed by atoms with Gasteiger partial charge in [-0.3, -0.25) is 4.79 Å². The number of hydrogen-bond donors (Lipinski definition) is 0. The van der Waals surface area contributed by atoms with Gasteiger partial charge in [-0.2, -0.15) is 0 Å². The number of nitrogens with zero attached hydrogens (tertiary/aromatic N) is 2. The highest BCUT2D eigenvalue weighted by Gasteiger charge is 2.30. The van der Waals surface area contributed by atoms with Gasteiger partial charge in [0.2, 0.25) is 5.91 Å². The zero-order valence-corrected chi connectivity index (χ0v) is 14.1. The van der Waals surface area contributed by atoms with Gasteiger partial charge < -0.3 is 18.9 Å². The number of thiophene rings is 1. The molecule has 23 heavy (non-hydrogen) atoms. The molecule has 1 fully saturated rings. The summed E-state index contributed by atoms with van der Waals surface area (Å²) in [6.45, 7) is 4.27. The highest BCUT2D eigenvalue weighted by molar-refractivity contribution is 7.17. The molecule has 124 valence electrons. The third-order valence-corrected chi connectivity index (χ3v) is 5.01. The van der Waals surface area contributed by atoms with Crippen LogP contribution in [0.3, 0.4) is 0 Å². The largest absolute Gasteiger partial charge is 0.464 e. The molecule has 0 saturated carbocycles. The summed E-state index contributed by atoms with van der Waals surface area (Å²) in [5, 5.41) is 1.97. The van der Waals surface area contributed by atoms with Gasteiger partial charge in [0.25, 0.3) is 0 Å². The molecule has 1 unspecified atom stereocenters. The lowest BCUT2D eigenvalue weighted by Crippen LogP contribution is -2.44. The van der Waals surface area contributed by atoms with E-state index in [0.29, 0.717) is 38.4 Å². The summed E-state index contributed by atoms with van der Waals surface area (Å²) < 4.78 is 13.0. The van der Waals surface area contributed by atoms with Crippen molar-refractivity contribution in [3.63, 3.8) is 0 Å². The van der Waals surface area contributed by atoms with E-state index in [1.54, 1.807) is 17.4 Å². The van der Waals surface area contributed by atoms with Crippen LogP contribution in [0.5, 0.6) is 0 Å². The summed E-state index contributed by atoms with van der Waals surface area (Å²) in [7, 11) is 1.36. The maximum Gasteiger partial charge on any atom is 0.354 e. The molecular weight excluding hydrogens is 316 g/mol. The van der Waals surface area contributed by atoms with Crippen molar-refractivity contribution < 1.29 is 19.1 Å². The standard InChI is InChI=1S/C16H20N2O4S/c1-3-11(15(19)17-5-7-22-8-6-17)18-12-4-9-23-14(12)10-13(18)16(20)21-2/h4,9-11H,3,5-8H2,1-2H3. The first-order chi connectivity index (χ1) is 11.2. The fraction of sp³-hybridized carbons (Fsp3) is 0.500. The van der Waals surface area contributed by atoms with E-state index < -0.39 is 12.0 Å². The van der Waals surface area contributed by atoms with E-state index in [4.69, 9.17) is 9.47 Å². The van der Waals surface area contributed by atoms with E-state index in [1.165, 1.54) is 7.11 Å². The number of rotatable bonds is 4. The monoisotopic (exact) mass is 336 g/mol. The average molecular weight is 336 g/mol. The lowest BCUT2D eigenvalue weighted by Gasteiger charge is -2.31. The summed E-state index contributed by atoms with van der Waals surface area (Å²) in [4.78, 5) is 26.9. The third-order valence-electron chi connectivity index (χ3n) is 4.16. The Bertz CT molecular complexity index is 715. The molecular formula is C16H20N2O4S. The summed E-state index contributed by atoms with van der Waals surface area (Å²) in [6.07, 6.45) is 0.611. The van der Waals surface area contributed by atoms with Gasteiger partial charge in [-0.15, -0.1) is 11.3 Å². The predicted octanol–water partition coefficient (Wildman–Crippen LogP) is 2.30. The summed E-state index contributed by atoms with van der Waals surface area (Å²) >= 11 is 1.55. The van der Waals surface area contributed by atoms with Gasteiger partial charge in [0.15, 0.2) is 0 Å². The second-order valence-electron chi connectivity index (χ2n) is 5.42. The molecule has 1 aliphatic rings. The van der Waals surface area contributed by atoms with Gasteiger partial charge >= 0.3 is 5.97 Å². The van der Waals surface area contributed by atoms with E-state index in [1.807, 2.05) is 27.8 Å². The van der Waals surface area contributed by atoms with Crippen LogP contribution in [0.2, 0.25) is 0 Å². The van der Waals surface area contributed by atoms with Crippen LogP contribution in [-0.2, 0) is 14.3 Å². The molecule has 1 aliphatic heterocycles. The Morgan fingerprint density at radius 3 is 2.78 bits per heavy atom. The highest BCUT2D eigenvalue weighted by atomic mass is 32.1. The first-order valence-corrected chi connectivity index (χ1v) is 8.58. The first kappa shape index (κ1) is 16.0. The minimum absolute atomic E-state index is 0.0321. The number of aromatic nitrogens is 1. The second kappa shape index (κ2) is 6.72. The molecule has 1 atom stereocenters. The second-order valence-corrected chi connectivity index (χ2v) is 6.37. The van der Waals surface area contributed by atoms with Gasteiger partial charge in [-0.1, -0.05) is 6.92 Å². The van der Waals surface area contributed by atoms with Crippen molar-refractivity contribution >= 4 is 33.4 Å². The Morgan fingerprint density at radius 1 is 1.39 bits per heavy atom. The van der Waals surface area contributed by atoms with Crippen molar-refractivity contribution in [1.82, 2.24) is 9.47 Å². The van der Waals surface area contributed by atoms with E-state index in [2.05, 4.69) is 0 Å². The van der Waals surface area contributed by atoms with Crippen molar-refractivity contribution in [3.05, 3.63) is 23.2 Å². The van der Waals surface area contributed by atoms with E-state index in [0.717, 1.165) is 10.2 Å². The van der Waals surface area contributed by atoms with Crippen molar-refractivity contribution in [3.8, 4) is 0 Å². The Morgan fingerprint density at radius 2 is 2.13 bits per heavy atom. The molecule has 0 N–H and O–H groups in total. The van der Waals surface area contributed by atoms with Gasteiger partial charge in [0.05, 0.1) is 30.5 Å². The van der Waals surface area contributed by atoms with Gasteiger partial charge in [-0.05, 0) is 23.9 Å². The van der Waals surface area contributed by atoms with Gasteiger partial charge in [0.1, 0.15) is 11.7 Å². The lowest BCUT2D eigenvalue weighted by atomic mass is 10.1. The molecule has 0 spiro atoms. The zero-order valence-electron chi connectivity index (χ0n) is 13.3. The fourth-order valence-electron chi connectivity index (χ4n) is 3.00. The molecule has 6 nitrogen and oxygen atoms in total. The Balaban J connectivity index is 2.02. The zero-order chi connectivity index (χ0) is 16.4. The smallest absolute Gasteiger partial charge is 0.354 e. The predicted molar refractivity (Wildman–Crippen MR) is 87.9 cm³/mol. The molecule has 0 bridgehead atoms. The van der Waals surface area contributed by atoms with Crippen molar-refractivity contribution in [2.75, 3.05) is 33.4 Å². The van der Waals surface area contributed by atoms with Crippen molar-refractivity contribution in [2.45, 2.75) is 19.4 Å². The number of methoxy groups -OCH3 is 1. The molecule has 2 aromatic rings. The third kappa shape index (κ3) is 2.86. The quantitative estimate of drug-likeness (QED) is 0.804. The van der Waals surface area contributed by atoms with Crippen LogP contribution < -0.4 is 0 Å². The molecule has 3 heterocycles. The number of ether oxygens (including phenoxy) is 2. The number of carbonyl (C=O) groups is 2. The Hall–Kier alpha value is -1.86. The van der Waals surface area contributed by atoms with Crippen LogP contribution >= 0.6 is 11.3 Å². The Kier molecular flexibility index (Phi) is 4.68. The van der Waals surface area contributed by atoms with Gasteiger partial charge in [0, 0.05) is 13.1 Å². The fourth-order valence-corrected chi connectivity index (χ4v) is 3.81. The maximum atomic E-state index is 13.0. The van der Waals surface area contributed by atoms with Gasteiger partial charge in [-0.25, -0.2) is 4.79 Å². The maximum absolute atomic E-state index is 13.0. The van der Waals surface area contributed by atoms with Crippen molar-refractivity contribution in [1.29, 1.82) is 0 Å². The van der Waals surface area contributed by atoms with Crippen LogP contribution in [0.4, 0.5) is 0 Å². The number of carbonyl (C=O) groups excluding carboxylic acids is 2. The molecule has 0 aromatic carbocycles. The molecule has 1 saturated heterocycles. The first-order valence-electron chi connectivity index (χ1n) is 7.70. The number of hydrogen-bond acceptors (Lipinski definition) is 5. The van der Waals surface area contributed by atoms with E-state index in [-0.39, 0.29) is 5.91 Å². The highest BCUT2D eigenvalue weighted by Crippen LogP contribution is 2.31. The van der Waals surface area contributed by atoms with Crippen LogP contribution in [0.1, 0.15) is 29.9 Å². The van der Waals surface area contributed by atoms with E-state index >= 15 is 0 Å². The normalized spacial score (nSPS) is 16.5. The molecule has 0 aliphatic carbocycles. The van der Waals surface area contributed by atoms with Crippen LogP contribution in [0, 0.1) is 0 Å².